The van der Waals surface area contributed by atoms with Gasteiger partial charge in [0.25, 0.3) is 5.91 Å². The molecule has 1 amide bonds. The van der Waals surface area contributed by atoms with Gasteiger partial charge >= 0.3 is 0 Å². The van der Waals surface area contributed by atoms with Gasteiger partial charge in [-0.1, -0.05) is 23.5 Å². The van der Waals surface area contributed by atoms with E-state index in [1.54, 1.807) is 12.1 Å². The molecule has 0 saturated heterocycles. The number of anilines is 1. The predicted molar refractivity (Wildman–Crippen MR) is 102 cm³/mol. The molecule has 0 spiro atoms. The van der Waals surface area contributed by atoms with E-state index in [4.69, 9.17) is 0 Å². The minimum atomic E-state index is -0.277. The highest BCUT2D eigenvalue weighted by Gasteiger charge is 2.18. The fraction of sp³-hybridized carbons (Fsp3) is 0.100. The molecule has 0 fully saturated rings. The second kappa shape index (κ2) is 6.38. The normalized spacial score (nSPS) is 11.0. The highest BCUT2D eigenvalue weighted by atomic mass is 32.1. The molecular formula is C20H16FN3OS. The van der Waals surface area contributed by atoms with Gasteiger partial charge in [0.05, 0.1) is 5.69 Å². The molecule has 0 saturated carbocycles. The van der Waals surface area contributed by atoms with E-state index in [0.29, 0.717) is 4.88 Å². The van der Waals surface area contributed by atoms with E-state index in [1.807, 2.05) is 48.7 Å². The van der Waals surface area contributed by atoms with Crippen LogP contribution >= 0.6 is 11.3 Å². The summed E-state index contributed by atoms with van der Waals surface area (Å²) in [5.41, 5.74) is 4.28. The minimum Gasteiger partial charge on any atom is -0.321 e. The third kappa shape index (κ3) is 2.99. The number of hydrogen-bond donors (Lipinski definition) is 1. The van der Waals surface area contributed by atoms with Crippen LogP contribution in [0.2, 0.25) is 0 Å². The fourth-order valence-electron chi connectivity index (χ4n) is 2.83. The summed E-state index contributed by atoms with van der Waals surface area (Å²) in [5.74, 6) is -0.423. The van der Waals surface area contributed by atoms with Crippen molar-refractivity contribution in [1.82, 2.24) is 9.38 Å². The lowest BCUT2D eigenvalue weighted by molar-refractivity contribution is 0.102. The van der Waals surface area contributed by atoms with Crippen LogP contribution in [0.25, 0.3) is 16.2 Å². The van der Waals surface area contributed by atoms with E-state index >= 15 is 0 Å². The quantitative estimate of drug-likeness (QED) is 0.551. The van der Waals surface area contributed by atoms with Crippen LogP contribution in [0, 0.1) is 19.7 Å². The molecule has 0 aliphatic rings. The van der Waals surface area contributed by atoms with Crippen LogP contribution in [-0.4, -0.2) is 15.3 Å². The number of aryl methyl sites for hydroxylation is 2. The van der Waals surface area contributed by atoms with Crippen LogP contribution in [-0.2, 0) is 0 Å². The largest absolute Gasteiger partial charge is 0.321 e. The average Bonchev–Trinajstić information content (AvgIpc) is 3.15. The van der Waals surface area contributed by atoms with Crippen molar-refractivity contribution < 1.29 is 9.18 Å². The number of carbonyl (C=O) groups is 1. The Labute approximate surface area is 153 Å². The molecule has 0 aliphatic carbocycles. The first-order chi connectivity index (χ1) is 12.5. The second-order valence-electron chi connectivity index (χ2n) is 6.13. The number of fused-ring (bicyclic) bond motifs is 1. The molecule has 130 valence electrons. The van der Waals surface area contributed by atoms with Crippen LogP contribution in [0.5, 0.6) is 0 Å². The first-order valence-corrected chi connectivity index (χ1v) is 8.95. The number of halogens is 1. The van der Waals surface area contributed by atoms with Crippen molar-refractivity contribution in [3.8, 4) is 11.3 Å². The van der Waals surface area contributed by atoms with E-state index in [9.17, 15) is 9.18 Å². The van der Waals surface area contributed by atoms with Gasteiger partial charge in [-0.25, -0.2) is 9.37 Å². The maximum atomic E-state index is 13.1. The molecule has 0 atom stereocenters. The van der Waals surface area contributed by atoms with Gasteiger partial charge in [-0.3, -0.25) is 9.20 Å². The van der Waals surface area contributed by atoms with Crippen LogP contribution < -0.4 is 5.32 Å². The summed E-state index contributed by atoms with van der Waals surface area (Å²) in [7, 11) is 0. The average molecular weight is 365 g/mol. The molecule has 0 unspecified atom stereocenters. The zero-order valence-corrected chi connectivity index (χ0v) is 15.1. The first kappa shape index (κ1) is 16.5. The Bertz CT molecular complexity index is 1110. The zero-order valence-electron chi connectivity index (χ0n) is 14.3. The number of hydrogen-bond acceptors (Lipinski definition) is 3. The number of rotatable bonds is 3. The Morgan fingerprint density at radius 3 is 2.62 bits per heavy atom. The van der Waals surface area contributed by atoms with Crippen molar-refractivity contribution >= 4 is 27.9 Å². The van der Waals surface area contributed by atoms with Crippen LogP contribution in [0.1, 0.15) is 20.9 Å². The topological polar surface area (TPSA) is 46.4 Å². The Morgan fingerprint density at radius 1 is 1.15 bits per heavy atom. The van der Waals surface area contributed by atoms with E-state index in [1.165, 1.54) is 23.5 Å². The number of aromatic nitrogens is 2. The monoisotopic (exact) mass is 365 g/mol. The number of thiazole rings is 1. The number of nitrogens with one attached hydrogen (secondary N) is 1. The molecule has 2 heterocycles. The first-order valence-electron chi connectivity index (χ1n) is 8.14. The van der Waals surface area contributed by atoms with Crippen LogP contribution in [0.15, 0.2) is 54.7 Å². The second-order valence-corrected chi connectivity index (χ2v) is 7.10. The SMILES string of the molecule is Cc1cccc(NC(=O)c2sc3nc(-c4ccc(F)cc4)cn3c2C)c1. The van der Waals surface area contributed by atoms with Gasteiger partial charge in [-0.15, -0.1) is 0 Å². The van der Waals surface area contributed by atoms with Crippen LogP contribution in [0.3, 0.4) is 0 Å². The molecule has 4 nitrogen and oxygen atoms in total. The van der Waals surface area contributed by atoms with E-state index < -0.39 is 0 Å². The standard InChI is InChI=1S/C20H16FN3OS/c1-12-4-3-5-16(10-12)22-19(25)18-13(2)24-11-17(23-20(24)26-18)14-6-8-15(21)9-7-14/h3-11H,1-2H3,(H,22,25). The molecular weight excluding hydrogens is 349 g/mol. The molecule has 1 N–H and O–H groups in total. The highest BCUT2D eigenvalue weighted by molar-refractivity contribution is 7.19. The Kier molecular flexibility index (Phi) is 4.05. The van der Waals surface area contributed by atoms with E-state index in [-0.39, 0.29) is 11.7 Å². The van der Waals surface area contributed by atoms with Gasteiger partial charge in [0.2, 0.25) is 0 Å². The Hall–Kier alpha value is -2.99. The van der Waals surface area contributed by atoms with Crippen molar-refractivity contribution in [2.24, 2.45) is 0 Å². The third-order valence-corrected chi connectivity index (χ3v) is 5.33. The summed E-state index contributed by atoms with van der Waals surface area (Å²) in [6.45, 7) is 3.88. The summed E-state index contributed by atoms with van der Waals surface area (Å²) in [6.07, 6.45) is 1.87. The highest BCUT2D eigenvalue weighted by Crippen LogP contribution is 2.28. The smallest absolute Gasteiger partial charge is 0.267 e. The van der Waals surface area contributed by atoms with Crippen molar-refractivity contribution in [2.75, 3.05) is 5.32 Å². The Balaban J connectivity index is 1.65. The van der Waals surface area contributed by atoms with Gasteiger partial charge in [0.15, 0.2) is 4.96 Å². The number of nitrogens with zero attached hydrogens (tertiary/aromatic N) is 2. The molecule has 0 radical (unpaired) electrons. The number of imidazole rings is 1. The maximum absolute atomic E-state index is 13.1. The van der Waals surface area contributed by atoms with Gasteiger partial charge in [-0.05, 0) is 55.8 Å². The predicted octanol–water partition coefficient (Wildman–Crippen LogP) is 5.07. The molecule has 26 heavy (non-hydrogen) atoms. The Morgan fingerprint density at radius 2 is 1.92 bits per heavy atom. The van der Waals surface area contributed by atoms with Crippen LogP contribution in [0.4, 0.5) is 10.1 Å². The lowest BCUT2D eigenvalue weighted by Crippen LogP contribution is -2.11. The summed E-state index contributed by atoms with van der Waals surface area (Å²) in [5, 5.41) is 2.93. The molecule has 4 rings (SSSR count). The molecule has 2 aromatic heterocycles. The van der Waals surface area contributed by atoms with Crippen molar-refractivity contribution in [1.29, 1.82) is 0 Å². The fourth-order valence-corrected chi connectivity index (χ4v) is 3.84. The van der Waals surface area contributed by atoms with Gasteiger partial charge < -0.3 is 5.32 Å². The van der Waals surface area contributed by atoms with Crippen molar-refractivity contribution in [3.05, 3.63) is 76.7 Å². The molecule has 6 heteroatoms. The van der Waals surface area contributed by atoms with E-state index in [0.717, 1.165) is 33.2 Å². The summed E-state index contributed by atoms with van der Waals surface area (Å²) < 4.78 is 15.0. The molecule has 0 aliphatic heterocycles. The van der Waals surface area contributed by atoms with Crippen molar-refractivity contribution in [2.45, 2.75) is 13.8 Å². The molecule has 0 bridgehead atoms. The van der Waals surface area contributed by atoms with Gasteiger partial charge in [0, 0.05) is 23.1 Å². The van der Waals surface area contributed by atoms with Crippen molar-refractivity contribution in [3.63, 3.8) is 0 Å². The summed E-state index contributed by atoms with van der Waals surface area (Å²) in [6, 6.07) is 13.9. The lowest BCUT2D eigenvalue weighted by Gasteiger charge is -2.05. The number of carbonyl (C=O) groups excluding carboxylic acids is 1. The molecule has 2 aromatic carbocycles. The number of benzene rings is 2. The molecule has 4 aromatic rings. The lowest BCUT2D eigenvalue weighted by atomic mass is 10.2. The van der Waals surface area contributed by atoms with Gasteiger partial charge in [-0.2, -0.15) is 0 Å². The summed E-state index contributed by atoms with van der Waals surface area (Å²) in [4.78, 5) is 18.6. The third-order valence-electron chi connectivity index (χ3n) is 4.18. The van der Waals surface area contributed by atoms with Gasteiger partial charge in [0.1, 0.15) is 10.7 Å². The number of amides is 1. The zero-order chi connectivity index (χ0) is 18.3. The van der Waals surface area contributed by atoms with E-state index in [2.05, 4.69) is 10.3 Å². The maximum Gasteiger partial charge on any atom is 0.267 e. The summed E-state index contributed by atoms with van der Waals surface area (Å²) >= 11 is 1.34. The minimum absolute atomic E-state index is 0.146.